The van der Waals surface area contributed by atoms with Gasteiger partial charge in [0, 0.05) is 37.1 Å². The number of rotatable bonds is 8. The first-order valence-electron chi connectivity index (χ1n) is 9.47. The number of imidazole rings is 1. The van der Waals surface area contributed by atoms with Gasteiger partial charge in [0.1, 0.15) is 17.9 Å². The molecular formula is C21H20N6O3. The van der Waals surface area contributed by atoms with Crippen molar-refractivity contribution in [3.05, 3.63) is 84.2 Å². The first kappa shape index (κ1) is 19.3. The average Bonchev–Trinajstić information content (AvgIpc) is 3.49. The molecule has 3 aromatic heterocycles. The lowest BCUT2D eigenvalue weighted by Crippen LogP contribution is -2.22. The van der Waals surface area contributed by atoms with E-state index >= 15 is 0 Å². The maximum Gasteiger partial charge on any atom is 0.251 e. The highest BCUT2D eigenvalue weighted by Crippen LogP contribution is 2.14. The number of carbonyl (C=O) groups is 1. The molecule has 0 spiro atoms. The molecule has 0 saturated heterocycles. The maximum atomic E-state index is 12.4. The Balaban J connectivity index is 1.28. The first-order valence-corrected chi connectivity index (χ1v) is 9.47. The van der Waals surface area contributed by atoms with Crippen LogP contribution in [0.1, 0.15) is 34.6 Å². The molecule has 0 aliphatic carbocycles. The second-order valence-electron chi connectivity index (χ2n) is 6.45. The highest BCUT2D eigenvalue weighted by atomic mass is 16.5. The predicted molar refractivity (Wildman–Crippen MR) is 107 cm³/mol. The summed E-state index contributed by atoms with van der Waals surface area (Å²) in [5, 5.41) is 6.72. The molecule has 0 bridgehead atoms. The summed E-state index contributed by atoms with van der Waals surface area (Å²) in [6.45, 7) is 2.53. The van der Waals surface area contributed by atoms with Crippen molar-refractivity contribution in [2.75, 3.05) is 0 Å². The van der Waals surface area contributed by atoms with Crippen molar-refractivity contribution in [3.63, 3.8) is 0 Å². The van der Waals surface area contributed by atoms with Gasteiger partial charge in [0.15, 0.2) is 6.61 Å². The number of hydrogen-bond acceptors (Lipinski definition) is 7. The molecule has 4 rings (SSSR count). The van der Waals surface area contributed by atoms with Crippen LogP contribution in [-0.4, -0.2) is 30.6 Å². The molecule has 3 heterocycles. The van der Waals surface area contributed by atoms with E-state index in [1.54, 1.807) is 43.0 Å². The fourth-order valence-electron chi connectivity index (χ4n) is 2.70. The van der Waals surface area contributed by atoms with Gasteiger partial charge >= 0.3 is 0 Å². The second kappa shape index (κ2) is 8.99. The highest BCUT2D eigenvalue weighted by molar-refractivity contribution is 5.94. The lowest BCUT2D eigenvalue weighted by molar-refractivity contribution is 0.0951. The zero-order valence-corrected chi connectivity index (χ0v) is 16.4. The molecule has 0 aliphatic rings. The van der Waals surface area contributed by atoms with Crippen LogP contribution in [0.25, 0.3) is 5.82 Å². The Bertz CT molecular complexity index is 1090. The Morgan fingerprint density at radius 3 is 2.73 bits per heavy atom. The summed E-state index contributed by atoms with van der Waals surface area (Å²) in [5.74, 6) is 2.28. The van der Waals surface area contributed by atoms with Crippen molar-refractivity contribution < 1.29 is 14.1 Å². The number of ether oxygens (including phenoxy) is 1. The fraction of sp³-hybridized carbons (Fsp3) is 0.190. The molecule has 1 amide bonds. The van der Waals surface area contributed by atoms with Gasteiger partial charge in [0.05, 0.1) is 0 Å². The molecule has 0 fully saturated rings. The average molecular weight is 404 g/mol. The molecular weight excluding hydrogens is 384 g/mol. The summed E-state index contributed by atoms with van der Waals surface area (Å²) in [6, 6.07) is 10.7. The number of nitrogens with zero attached hydrogens (tertiary/aromatic N) is 5. The SMILES string of the molecule is CCc1nc(COc2ccc(C(=O)NCc3ccc(-n4ccnc4)nc3)cc2)no1. The van der Waals surface area contributed by atoms with Crippen LogP contribution in [0, 0.1) is 0 Å². The van der Waals surface area contributed by atoms with E-state index in [-0.39, 0.29) is 12.5 Å². The van der Waals surface area contributed by atoms with E-state index in [4.69, 9.17) is 9.26 Å². The smallest absolute Gasteiger partial charge is 0.251 e. The van der Waals surface area contributed by atoms with Crippen LogP contribution in [0.5, 0.6) is 5.75 Å². The van der Waals surface area contributed by atoms with E-state index in [0.717, 1.165) is 11.4 Å². The minimum atomic E-state index is -0.175. The molecule has 0 unspecified atom stereocenters. The van der Waals surface area contributed by atoms with Crippen LogP contribution < -0.4 is 10.1 Å². The number of pyridine rings is 1. The van der Waals surface area contributed by atoms with E-state index in [1.807, 2.05) is 29.8 Å². The number of aromatic nitrogens is 5. The van der Waals surface area contributed by atoms with Gasteiger partial charge in [-0.15, -0.1) is 0 Å². The normalized spacial score (nSPS) is 10.7. The zero-order valence-electron chi connectivity index (χ0n) is 16.4. The van der Waals surface area contributed by atoms with Crippen LogP contribution >= 0.6 is 0 Å². The molecule has 1 aromatic carbocycles. The summed E-state index contributed by atoms with van der Waals surface area (Å²) in [4.78, 5) is 24.9. The highest BCUT2D eigenvalue weighted by Gasteiger charge is 2.08. The standard InChI is InChI=1S/C21H20N6O3/c1-2-20-25-18(26-30-20)13-29-17-6-4-16(5-7-17)21(28)24-12-15-3-8-19(23-11-15)27-10-9-22-14-27/h3-11,14H,2,12-13H2,1H3,(H,24,28). The molecule has 0 aliphatic heterocycles. The molecule has 0 saturated carbocycles. The van der Waals surface area contributed by atoms with Crippen molar-refractivity contribution in [1.82, 2.24) is 30.0 Å². The van der Waals surface area contributed by atoms with Gasteiger partial charge in [-0.05, 0) is 35.9 Å². The Morgan fingerprint density at radius 1 is 1.20 bits per heavy atom. The lowest BCUT2D eigenvalue weighted by Gasteiger charge is -2.08. The molecule has 30 heavy (non-hydrogen) atoms. The Hall–Kier alpha value is -4.01. The van der Waals surface area contributed by atoms with Crippen LogP contribution in [-0.2, 0) is 19.6 Å². The minimum absolute atomic E-state index is 0.175. The number of carbonyl (C=O) groups excluding carboxylic acids is 1. The number of nitrogens with one attached hydrogen (secondary N) is 1. The predicted octanol–water partition coefficient (Wildman–Crippen LogP) is 2.72. The van der Waals surface area contributed by atoms with Crippen molar-refractivity contribution in [2.45, 2.75) is 26.5 Å². The van der Waals surface area contributed by atoms with Gasteiger partial charge < -0.3 is 14.6 Å². The molecule has 0 atom stereocenters. The number of benzene rings is 1. The van der Waals surface area contributed by atoms with Gasteiger partial charge in [-0.2, -0.15) is 4.98 Å². The van der Waals surface area contributed by atoms with Crippen molar-refractivity contribution in [3.8, 4) is 11.6 Å². The van der Waals surface area contributed by atoms with Gasteiger partial charge in [-0.3, -0.25) is 9.36 Å². The molecule has 9 heteroatoms. The Kier molecular flexibility index (Phi) is 5.79. The second-order valence-corrected chi connectivity index (χ2v) is 6.45. The van der Waals surface area contributed by atoms with Gasteiger partial charge in [0.25, 0.3) is 5.91 Å². The summed E-state index contributed by atoms with van der Waals surface area (Å²) in [6.07, 6.45) is 7.61. The van der Waals surface area contributed by atoms with Gasteiger partial charge in [-0.25, -0.2) is 9.97 Å². The van der Waals surface area contributed by atoms with E-state index in [1.165, 1.54) is 0 Å². The summed E-state index contributed by atoms with van der Waals surface area (Å²) in [5.41, 5.74) is 1.44. The monoisotopic (exact) mass is 404 g/mol. The quantitative estimate of drug-likeness (QED) is 0.481. The van der Waals surface area contributed by atoms with Crippen molar-refractivity contribution >= 4 is 5.91 Å². The largest absolute Gasteiger partial charge is 0.485 e. The van der Waals surface area contributed by atoms with Gasteiger partial charge in [0.2, 0.25) is 11.7 Å². The van der Waals surface area contributed by atoms with E-state index in [0.29, 0.717) is 36.0 Å². The third-order valence-electron chi connectivity index (χ3n) is 4.33. The summed E-state index contributed by atoms with van der Waals surface area (Å²) >= 11 is 0. The summed E-state index contributed by atoms with van der Waals surface area (Å²) < 4.78 is 12.5. The summed E-state index contributed by atoms with van der Waals surface area (Å²) in [7, 11) is 0. The fourth-order valence-corrected chi connectivity index (χ4v) is 2.70. The Labute approximate surface area is 172 Å². The van der Waals surface area contributed by atoms with Crippen molar-refractivity contribution in [1.29, 1.82) is 0 Å². The lowest BCUT2D eigenvalue weighted by atomic mass is 10.2. The first-order chi connectivity index (χ1) is 14.7. The van der Waals surface area contributed by atoms with E-state index < -0.39 is 0 Å². The zero-order chi connectivity index (χ0) is 20.8. The number of amides is 1. The topological polar surface area (TPSA) is 108 Å². The van der Waals surface area contributed by atoms with Gasteiger partial charge in [-0.1, -0.05) is 18.1 Å². The van der Waals surface area contributed by atoms with Crippen LogP contribution in [0.4, 0.5) is 0 Å². The van der Waals surface area contributed by atoms with Crippen LogP contribution in [0.2, 0.25) is 0 Å². The van der Waals surface area contributed by atoms with Crippen LogP contribution in [0.15, 0.2) is 65.8 Å². The Morgan fingerprint density at radius 2 is 2.07 bits per heavy atom. The molecule has 9 nitrogen and oxygen atoms in total. The molecule has 4 aromatic rings. The third-order valence-corrected chi connectivity index (χ3v) is 4.33. The maximum absolute atomic E-state index is 12.4. The number of aryl methyl sites for hydroxylation is 1. The molecule has 152 valence electrons. The van der Waals surface area contributed by atoms with Crippen LogP contribution in [0.3, 0.4) is 0 Å². The molecule has 0 radical (unpaired) electrons. The minimum Gasteiger partial charge on any atom is -0.485 e. The van der Waals surface area contributed by atoms with E-state index in [2.05, 4.69) is 25.4 Å². The number of hydrogen-bond donors (Lipinski definition) is 1. The van der Waals surface area contributed by atoms with Crippen molar-refractivity contribution in [2.24, 2.45) is 0 Å². The van der Waals surface area contributed by atoms with E-state index in [9.17, 15) is 4.79 Å². The third kappa shape index (κ3) is 4.69. The molecule has 1 N–H and O–H groups in total.